The van der Waals surface area contributed by atoms with Crippen LogP contribution in [0.1, 0.15) is 75.3 Å². The summed E-state index contributed by atoms with van der Waals surface area (Å²) in [6, 6.07) is 9.47. The lowest BCUT2D eigenvalue weighted by Gasteiger charge is -2.43. The molecule has 5 rings (SSSR count). The SMILES string of the molecule is Cc1ccc(CN(C2CC2)C2CCN(C(=O)C3CC3)[C@@H](C(=O)NCC3CCCC(CN)C3)C2)cc1. The molecule has 2 amide bonds. The number of hydrogen-bond acceptors (Lipinski definition) is 4. The smallest absolute Gasteiger partial charge is 0.242 e. The van der Waals surface area contributed by atoms with E-state index in [0.29, 0.717) is 30.5 Å². The molecule has 1 heterocycles. The molecule has 1 saturated heterocycles. The molecule has 3 aliphatic carbocycles. The maximum absolute atomic E-state index is 13.6. The van der Waals surface area contributed by atoms with Crippen LogP contribution in [0, 0.1) is 24.7 Å². The Morgan fingerprint density at radius 1 is 0.971 bits per heavy atom. The average molecular weight is 481 g/mol. The molecule has 0 bridgehead atoms. The van der Waals surface area contributed by atoms with Gasteiger partial charge >= 0.3 is 0 Å². The minimum absolute atomic E-state index is 0.0599. The molecule has 35 heavy (non-hydrogen) atoms. The van der Waals surface area contributed by atoms with Crippen LogP contribution in [0.15, 0.2) is 24.3 Å². The Kier molecular flexibility index (Phi) is 7.78. The maximum atomic E-state index is 13.6. The van der Waals surface area contributed by atoms with Crippen LogP contribution in [0.5, 0.6) is 0 Å². The standard InChI is InChI=1S/C29H44N4O2/c1-20-5-7-21(8-6-20)19-33(25-11-12-25)26-13-14-32(29(35)24-9-10-24)27(16-26)28(34)31-18-23-4-2-3-22(15-23)17-30/h5-8,22-27H,2-4,9-19,30H2,1H3,(H,31,34)/t22?,23?,26?,27-/m1/s1. The van der Waals surface area contributed by atoms with Crippen LogP contribution in [0.3, 0.4) is 0 Å². The maximum Gasteiger partial charge on any atom is 0.242 e. The lowest BCUT2D eigenvalue weighted by atomic mass is 9.81. The zero-order valence-electron chi connectivity index (χ0n) is 21.5. The van der Waals surface area contributed by atoms with Gasteiger partial charge in [-0.1, -0.05) is 36.2 Å². The number of hydrogen-bond donors (Lipinski definition) is 2. The van der Waals surface area contributed by atoms with Crippen molar-refractivity contribution in [1.82, 2.24) is 15.1 Å². The number of likely N-dealkylation sites (tertiary alicyclic amines) is 1. The van der Waals surface area contributed by atoms with Crippen molar-refractivity contribution in [2.75, 3.05) is 19.6 Å². The van der Waals surface area contributed by atoms with Crippen molar-refractivity contribution in [1.29, 1.82) is 0 Å². The number of benzene rings is 1. The number of aryl methyl sites for hydroxylation is 1. The molecule has 192 valence electrons. The van der Waals surface area contributed by atoms with Crippen LogP contribution in [-0.2, 0) is 16.1 Å². The summed E-state index contributed by atoms with van der Waals surface area (Å²) in [5.41, 5.74) is 8.55. The first-order valence-corrected chi connectivity index (χ1v) is 14.1. The second-order valence-corrected chi connectivity index (χ2v) is 11.8. The van der Waals surface area contributed by atoms with Gasteiger partial charge in [0.2, 0.25) is 11.8 Å². The van der Waals surface area contributed by atoms with Gasteiger partial charge in [0.25, 0.3) is 0 Å². The highest BCUT2D eigenvalue weighted by molar-refractivity contribution is 5.89. The summed E-state index contributed by atoms with van der Waals surface area (Å²) >= 11 is 0. The number of nitrogens with one attached hydrogen (secondary N) is 1. The molecule has 4 fully saturated rings. The molecular weight excluding hydrogens is 436 g/mol. The summed E-state index contributed by atoms with van der Waals surface area (Å²) in [6.45, 7) is 5.23. The fourth-order valence-electron chi connectivity index (χ4n) is 6.36. The van der Waals surface area contributed by atoms with E-state index in [1.165, 1.54) is 43.2 Å². The normalized spacial score (nSPS) is 29.3. The van der Waals surface area contributed by atoms with Crippen molar-refractivity contribution in [2.24, 2.45) is 23.5 Å². The van der Waals surface area contributed by atoms with E-state index in [1.54, 1.807) is 0 Å². The Labute approximate surface area is 211 Å². The summed E-state index contributed by atoms with van der Waals surface area (Å²) in [4.78, 5) is 31.2. The highest BCUT2D eigenvalue weighted by atomic mass is 16.2. The van der Waals surface area contributed by atoms with Crippen LogP contribution in [0.4, 0.5) is 0 Å². The molecule has 3 unspecified atom stereocenters. The molecule has 1 aromatic carbocycles. The third-order valence-electron chi connectivity index (χ3n) is 8.85. The van der Waals surface area contributed by atoms with Gasteiger partial charge in [-0.05, 0) is 88.7 Å². The highest BCUT2D eigenvalue weighted by Crippen LogP contribution is 2.37. The zero-order chi connectivity index (χ0) is 24.4. The van der Waals surface area contributed by atoms with Crippen molar-refractivity contribution in [3.8, 4) is 0 Å². The van der Waals surface area contributed by atoms with E-state index in [0.717, 1.165) is 51.7 Å². The second-order valence-electron chi connectivity index (χ2n) is 11.8. The van der Waals surface area contributed by atoms with Gasteiger partial charge in [0.15, 0.2) is 0 Å². The molecule has 1 aromatic rings. The molecule has 6 heteroatoms. The van der Waals surface area contributed by atoms with Crippen molar-refractivity contribution >= 4 is 11.8 Å². The topological polar surface area (TPSA) is 78.7 Å². The molecule has 0 aromatic heterocycles. The van der Waals surface area contributed by atoms with Crippen LogP contribution in [0.2, 0.25) is 0 Å². The minimum atomic E-state index is -0.338. The second kappa shape index (κ2) is 11.0. The van der Waals surface area contributed by atoms with Gasteiger partial charge in [0, 0.05) is 37.6 Å². The summed E-state index contributed by atoms with van der Waals surface area (Å²) in [6.07, 6.45) is 10.9. The summed E-state index contributed by atoms with van der Waals surface area (Å²) in [5, 5.41) is 3.28. The third kappa shape index (κ3) is 6.26. The number of carbonyl (C=O) groups is 2. The fourth-order valence-corrected chi connectivity index (χ4v) is 6.36. The number of nitrogens with zero attached hydrogens (tertiary/aromatic N) is 2. The van der Waals surface area contributed by atoms with Gasteiger partial charge in [-0.25, -0.2) is 0 Å². The Bertz CT molecular complexity index is 879. The van der Waals surface area contributed by atoms with E-state index in [9.17, 15) is 9.59 Å². The van der Waals surface area contributed by atoms with E-state index in [2.05, 4.69) is 41.4 Å². The van der Waals surface area contributed by atoms with Gasteiger partial charge in [0.05, 0.1) is 0 Å². The van der Waals surface area contributed by atoms with Gasteiger partial charge in [0.1, 0.15) is 6.04 Å². The molecule has 0 radical (unpaired) electrons. The van der Waals surface area contributed by atoms with E-state index in [-0.39, 0.29) is 23.8 Å². The van der Waals surface area contributed by atoms with Crippen LogP contribution >= 0.6 is 0 Å². The average Bonchev–Trinajstić information content (AvgIpc) is 3.80. The number of piperidine rings is 1. The largest absolute Gasteiger partial charge is 0.354 e. The van der Waals surface area contributed by atoms with Crippen LogP contribution in [-0.4, -0.2) is 59.4 Å². The Hall–Kier alpha value is -1.92. The first-order chi connectivity index (χ1) is 17.0. The predicted octanol–water partition coefficient (Wildman–Crippen LogP) is 3.61. The molecule has 4 aliphatic rings. The molecule has 1 aliphatic heterocycles. The lowest BCUT2D eigenvalue weighted by Crippen LogP contribution is -2.58. The summed E-state index contributed by atoms with van der Waals surface area (Å²) in [5.74, 6) is 1.52. The van der Waals surface area contributed by atoms with Crippen LogP contribution < -0.4 is 11.1 Å². The van der Waals surface area contributed by atoms with Gasteiger partial charge in [-0.15, -0.1) is 0 Å². The predicted molar refractivity (Wildman–Crippen MR) is 139 cm³/mol. The zero-order valence-corrected chi connectivity index (χ0v) is 21.5. The van der Waals surface area contributed by atoms with Gasteiger partial charge in [-0.2, -0.15) is 0 Å². The van der Waals surface area contributed by atoms with Crippen molar-refractivity contribution in [3.05, 3.63) is 35.4 Å². The first-order valence-electron chi connectivity index (χ1n) is 14.1. The molecule has 4 atom stereocenters. The summed E-state index contributed by atoms with van der Waals surface area (Å²) < 4.78 is 0. The summed E-state index contributed by atoms with van der Waals surface area (Å²) in [7, 11) is 0. The van der Waals surface area contributed by atoms with Gasteiger partial charge < -0.3 is 16.0 Å². The minimum Gasteiger partial charge on any atom is -0.354 e. The number of nitrogens with two attached hydrogens (primary N) is 1. The Balaban J connectivity index is 1.25. The quantitative estimate of drug-likeness (QED) is 0.566. The van der Waals surface area contributed by atoms with E-state index < -0.39 is 0 Å². The third-order valence-corrected chi connectivity index (χ3v) is 8.85. The number of rotatable bonds is 9. The van der Waals surface area contributed by atoms with Crippen molar-refractivity contribution in [2.45, 2.75) is 95.8 Å². The highest BCUT2D eigenvalue weighted by Gasteiger charge is 2.44. The monoisotopic (exact) mass is 480 g/mol. The molecule has 0 spiro atoms. The van der Waals surface area contributed by atoms with Gasteiger partial charge in [-0.3, -0.25) is 14.5 Å². The Morgan fingerprint density at radius 3 is 2.40 bits per heavy atom. The molecular formula is C29H44N4O2. The van der Waals surface area contributed by atoms with E-state index in [1.807, 2.05) is 4.90 Å². The van der Waals surface area contributed by atoms with Crippen molar-refractivity contribution in [3.63, 3.8) is 0 Å². The lowest BCUT2D eigenvalue weighted by molar-refractivity contribution is -0.145. The first kappa shape index (κ1) is 24.8. The molecule has 6 nitrogen and oxygen atoms in total. The number of amides is 2. The van der Waals surface area contributed by atoms with Crippen molar-refractivity contribution < 1.29 is 9.59 Å². The van der Waals surface area contributed by atoms with E-state index >= 15 is 0 Å². The molecule has 3 saturated carbocycles. The Morgan fingerprint density at radius 2 is 1.71 bits per heavy atom. The molecule has 3 N–H and O–H groups in total. The fraction of sp³-hybridized carbons (Fsp3) is 0.724. The van der Waals surface area contributed by atoms with E-state index in [4.69, 9.17) is 5.73 Å². The van der Waals surface area contributed by atoms with Crippen LogP contribution in [0.25, 0.3) is 0 Å². The number of carbonyl (C=O) groups excluding carboxylic acids is 2.